The Morgan fingerprint density at radius 1 is 0.733 bits per heavy atom. The van der Waals surface area contributed by atoms with Gasteiger partial charge >= 0.3 is 0 Å². The van der Waals surface area contributed by atoms with E-state index in [9.17, 15) is 0 Å². The van der Waals surface area contributed by atoms with Gasteiger partial charge in [0.15, 0.2) is 0 Å². The molecular weight excluding hydrogens is 235 g/mol. The fraction of sp³-hybridized carbons (Fsp3) is 1.00. The molecule has 0 heterocycles. The van der Waals surface area contributed by atoms with Gasteiger partial charge in [-0.25, -0.2) is 0 Å². The van der Waals surface area contributed by atoms with E-state index >= 15 is 0 Å². The molecule has 0 spiro atoms. The van der Waals surface area contributed by atoms with E-state index in [1.165, 1.54) is 6.38 Å². The molecule has 0 atom stereocenters. The highest BCUT2D eigenvalue weighted by atomic mass is 35.5. The third-order valence-electron chi connectivity index (χ3n) is 1.90. The van der Waals surface area contributed by atoms with Crippen molar-refractivity contribution in [3.8, 4) is 0 Å². The van der Waals surface area contributed by atoms with Gasteiger partial charge < -0.3 is 15.3 Å². The summed E-state index contributed by atoms with van der Waals surface area (Å²) in [6, 6.07) is 0. The molecular formula is C10H24ClO3P. The molecule has 0 fully saturated rings. The van der Waals surface area contributed by atoms with Crippen LogP contribution in [0.5, 0.6) is 0 Å². The number of hydrogen-bond acceptors (Lipinski definition) is 3. The van der Waals surface area contributed by atoms with Crippen LogP contribution in [0.1, 0.15) is 19.3 Å². The Morgan fingerprint density at radius 2 is 1.00 bits per heavy atom. The number of aliphatic hydroxyl groups is 3. The average Bonchev–Trinajstić information content (AvgIpc) is 2.31. The smallest absolute Gasteiger partial charge is 0.0434 e. The molecule has 0 aliphatic rings. The molecule has 0 aromatic carbocycles. The van der Waals surface area contributed by atoms with Gasteiger partial charge in [-0.05, 0) is 37.7 Å². The van der Waals surface area contributed by atoms with Crippen LogP contribution in [0.2, 0.25) is 0 Å². The first kappa shape index (κ1) is 18.0. The summed E-state index contributed by atoms with van der Waals surface area (Å²) in [5.41, 5.74) is 0. The predicted molar refractivity (Wildman–Crippen MR) is 68.4 cm³/mol. The Labute approximate surface area is 99.2 Å². The predicted octanol–water partition coefficient (Wildman–Crippen LogP) is 1.47. The van der Waals surface area contributed by atoms with Crippen LogP contribution in [0.15, 0.2) is 0 Å². The zero-order valence-corrected chi connectivity index (χ0v) is 11.2. The Kier molecular flexibility index (Phi) is 20.4. The van der Waals surface area contributed by atoms with Crippen LogP contribution >= 0.6 is 19.5 Å². The largest absolute Gasteiger partial charge is 0.396 e. The maximum Gasteiger partial charge on any atom is 0.0434 e. The van der Waals surface area contributed by atoms with Crippen LogP contribution in [-0.2, 0) is 0 Å². The molecule has 0 amide bonds. The van der Waals surface area contributed by atoms with Crippen molar-refractivity contribution in [2.45, 2.75) is 19.3 Å². The van der Waals surface area contributed by atoms with Crippen molar-refractivity contribution in [1.29, 1.82) is 0 Å². The second-order valence-electron chi connectivity index (χ2n) is 3.07. The Bertz CT molecular complexity index is 87.6. The lowest BCUT2D eigenvalue weighted by Crippen LogP contribution is -2.00. The van der Waals surface area contributed by atoms with Crippen molar-refractivity contribution >= 4 is 19.5 Å². The normalized spacial score (nSPS) is 10.0. The number of hydrogen-bond donors (Lipinski definition) is 3. The first-order valence-corrected chi connectivity index (χ1v) is 7.93. The van der Waals surface area contributed by atoms with Gasteiger partial charge in [0.1, 0.15) is 0 Å². The minimum absolute atomic E-state index is 0.0583. The molecule has 94 valence electrons. The average molecular weight is 259 g/mol. The van der Waals surface area contributed by atoms with Crippen LogP contribution in [0.25, 0.3) is 0 Å². The summed E-state index contributed by atoms with van der Waals surface area (Å²) in [5.74, 6) is 0. The number of aliphatic hydroxyl groups excluding tert-OH is 3. The lowest BCUT2D eigenvalue weighted by atomic mass is 10.5. The van der Waals surface area contributed by atoms with Crippen LogP contribution in [-0.4, -0.2) is 60.0 Å². The topological polar surface area (TPSA) is 60.7 Å². The van der Waals surface area contributed by atoms with E-state index < -0.39 is 0 Å². The molecule has 0 bridgehead atoms. The summed E-state index contributed by atoms with van der Waals surface area (Å²) < 4.78 is 0. The van der Waals surface area contributed by atoms with Crippen LogP contribution in [0.4, 0.5) is 0 Å². The van der Waals surface area contributed by atoms with E-state index in [0.717, 1.165) is 37.7 Å². The molecule has 3 N–H and O–H groups in total. The van der Waals surface area contributed by atoms with E-state index in [-0.39, 0.29) is 27.7 Å². The van der Waals surface area contributed by atoms with Crippen LogP contribution in [0.3, 0.4) is 0 Å². The number of alkyl halides is 1. The van der Waals surface area contributed by atoms with Gasteiger partial charge in [-0.3, -0.25) is 0 Å². The third kappa shape index (κ3) is 14.6. The van der Waals surface area contributed by atoms with E-state index in [0.29, 0.717) is 0 Å². The van der Waals surface area contributed by atoms with Gasteiger partial charge in [-0.15, -0.1) is 19.5 Å². The monoisotopic (exact) mass is 258 g/mol. The van der Waals surface area contributed by atoms with Gasteiger partial charge in [-0.2, -0.15) is 0 Å². The highest BCUT2D eigenvalue weighted by Crippen LogP contribution is 2.37. The lowest BCUT2D eigenvalue weighted by Gasteiger charge is -2.15. The second-order valence-corrected chi connectivity index (χ2v) is 5.76. The first-order chi connectivity index (χ1) is 7.35. The zero-order chi connectivity index (χ0) is 11.9. The van der Waals surface area contributed by atoms with Crippen molar-refractivity contribution in [3.63, 3.8) is 0 Å². The molecule has 0 aromatic heterocycles. The zero-order valence-electron chi connectivity index (χ0n) is 9.53. The third-order valence-corrected chi connectivity index (χ3v) is 4.74. The highest BCUT2D eigenvalue weighted by molar-refractivity contribution is 7.57. The van der Waals surface area contributed by atoms with Crippen LogP contribution < -0.4 is 0 Å². The summed E-state index contributed by atoms with van der Waals surface area (Å²) in [6.45, 7) is 0.783. The van der Waals surface area contributed by atoms with E-state index in [2.05, 4.69) is 11.6 Å². The summed E-state index contributed by atoms with van der Waals surface area (Å²) in [6.07, 6.45) is 7.29. The van der Waals surface area contributed by atoms with Crippen molar-refractivity contribution in [3.05, 3.63) is 0 Å². The molecule has 0 rings (SSSR count). The quantitative estimate of drug-likeness (QED) is 0.434. The number of rotatable bonds is 9. The van der Waals surface area contributed by atoms with Crippen molar-refractivity contribution in [2.75, 3.05) is 44.7 Å². The van der Waals surface area contributed by atoms with Gasteiger partial charge in [-0.1, -0.05) is 0 Å². The van der Waals surface area contributed by atoms with E-state index in [1.54, 1.807) is 0 Å². The van der Waals surface area contributed by atoms with Crippen molar-refractivity contribution < 1.29 is 15.3 Å². The maximum atomic E-state index is 8.68. The van der Waals surface area contributed by atoms with Gasteiger partial charge in [0.05, 0.1) is 0 Å². The molecule has 0 radical (unpaired) electrons. The van der Waals surface area contributed by atoms with E-state index in [4.69, 9.17) is 15.3 Å². The molecule has 0 aromatic rings. The molecule has 0 aliphatic carbocycles. The number of halogens is 1. The van der Waals surface area contributed by atoms with Crippen LogP contribution in [0, 0.1) is 0 Å². The fourth-order valence-corrected chi connectivity index (χ4v) is 3.66. The maximum absolute atomic E-state index is 8.68. The molecule has 15 heavy (non-hydrogen) atoms. The standard InChI is InChI=1S/C9H21O3P.CH3Cl/c10-4-1-7-13(8-2-5-11)9-3-6-12;1-2/h10-12H,1-9H2;1H3. The molecule has 5 heteroatoms. The molecule has 0 aliphatic heterocycles. The fourth-order valence-electron chi connectivity index (χ4n) is 1.22. The Hall–Kier alpha value is 0.600. The minimum atomic E-state index is -0.0583. The second kappa shape index (κ2) is 17.0. The molecule has 0 saturated heterocycles. The lowest BCUT2D eigenvalue weighted by molar-refractivity contribution is 0.292. The highest BCUT2D eigenvalue weighted by Gasteiger charge is 2.06. The van der Waals surface area contributed by atoms with Gasteiger partial charge in [0.25, 0.3) is 0 Å². The summed E-state index contributed by atoms with van der Waals surface area (Å²) in [4.78, 5) is 0. The SMILES string of the molecule is CCl.OCCCP(CCCO)CCCO. The van der Waals surface area contributed by atoms with Crippen molar-refractivity contribution in [1.82, 2.24) is 0 Å². The van der Waals surface area contributed by atoms with Gasteiger partial charge in [0, 0.05) is 26.2 Å². The van der Waals surface area contributed by atoms with Crippen molar-refractivity contribution in [2.24, 2.45) is 0 Å². The Morgan fingerprint density at radius 3 is 1.20 bits per heavy atom. The molecule has 0 unspecified atom stereocenters. The molecule has 3 nitrogen and oxygen atoms in total. The van der Waals surface area contributed by atoms with E-state index in [1.807, 2.05) is 0 Å². The van der Waals surface area contributed by atoms with Gasteiger partial charge in [0.2, 0.25) is 0 Å². The summed E-state index contributed by atoms with van der Waals surface area (Å²) in [5, 5.41) is 26.0. The summed E-state index contributed by atoms with van der Waals surface area (Å²) in [7, 11) is -0.0583. The minimum Gasteiger partial charge on any atom is -0.396 e. The first-order valence-electron chi connectivity index (χ1n) is 5.28. The molecule has 0 saturated carbocycles. The Balaban J connectivity index is 0. The summed E-state index contributed by atoms with van der Waals surface area (Å²) >= 11 is 4.64.